The van der Waals surface area contributed by atoms with Crippen LogP contribution in [0.4, 0.5) is 11.4 Å². The molecule has 31 heavy (non-hydrogen) atoms. The Bertz CT molecular complexity index is 1100. The fourth-order valence-electron chi connectivity index (χ4n) is 2.92. The second-order valence-electron chi connectivity index (χ2n) is 7.25. The van der Waals surface area contributed by atoms with Crippen molar-refractivity contribution in [1.82, 2.24) is 5.32 Å². The van der Waals surface area contributed by atoms with Crippen molar-refractivity contribution < 1.29 is 14.0 Å². The van der Waals surface area contributed by atoms with Gasteiger partial charge in [0.05, 0.1) is 0 Å². The lowest BCUT2D eigenvalue weighted by Gasteiger charge is -2.10. The normalized spacial score (nSPS) is 10.4. The average molecular weight is 436 g/mol. The number of hydrogen-bond donors (Lipinski definition) is 3. The molecule has 0 radical (unpaired) electrons. The van der Waals surface area contributed by atoms with E-state index in [4.69, 9.17) is 16.6 Å². The summed E-state index contributed by atoms with van der Waals surface area (Å²) >= 11 is 5.23. The lowest BCUT2D eigenvalue weighted by atomic mass is 10.1. The van der Waals surface area contributed by atoms with Crippen molar-refractivity contribution in [3.63, 3.8) is 0 Å². The molecule has 0 unspecified atom stereocenters. The van der Waals surface area contributed by atoms with Crippen LogP contribution in [0, 0.1) is 13.8 Å². The van der Waals surface area contributed by atoms with Crippen LogP contribution in [0.25, 0.3) is 11.3 Å². The highest BCUT2D eigenvalue weighted by molar-refractivity contribution is 7.80. The molecule has 0 fully saturated rings. The van der Waals surface area contributed by atoms with E-state index >= 15 is 0 Å². The number of carbonyl (C=O) groups is 2. The van der Waals surface area contributed by atoms with E-state index in [2.05, 4.69) is 16.0 Å². The summed E-state index contributed by atoms with van der Waals surface area (Å²) in [4.78, 5) is 24.1. The highest BCUT2D eigenvalue weighted by Gasteiger charge is 2.14. The third-order valence-electron chi connectivity index (χ3n) is 4.75. The van der Waals surface area contributed by atoms with E-state index in [1.54, 1.807) is 36.4 Å². The molecule has 2 amide bonds. The van der Waals surface area contributed by atoms with E-state index in [1.807, 2.05) is 39.0 Å². The molecule has 7 heteroatoms. The van der Waals surface area contributed by atoms with E-state index < -0.39 is 5.91 Å². The highest BCUT2D eigenvalue weighted by Crippen LogP contribution is 2.24. The minimum absolute atomic E-state index is 0.0235. The largest absolute Gasteiger partial charge is 0.451 e. The molecule has 3 rings (SSSR count). The number of carbonyl (C=O) groups excluding carboxylic acids is 2. The Morgan fingerprint density at radius 1 is 0.903 bits per heavy atom. The number of anilines is 2. The Morgan fingerprint density at radius 2 is 1.58 bits per heavy atom. The summed E-state index contributed by atoms with van der Waals surface area (Å²) in [6.45, 7) is 6.03. The maximum absolute atomic E-state index is 12.5. The van der Waals surface area contributed by atoms with Crippen LogP contribution in [0.2, 0.25) is 0 Å². The van der Waals surface area contributed by atoms with Crippen LogP contribution in [-0.2, 0) is 4.79 Å². The van der Waals surface area contributed by atoms with Gasteiger partial charge in [-0.2, -0.15) is 0 Å². The smallest absolute Gasteiger partial charge is 0.293 e. The van der Waals surface area contributed by atoms with E-state index in [1.165, 1.54) is 5.56 Å². The van der Waals surface area contributed by atoms with Gasteiger partial charge in [-0.25, -0.2) is 0 Å². The lowest BCUT2D eigenvalue weighted by Crippen LogP contribution is -2.33. The molecule has 0 saturated heterocycles. The predicted octanol–water partition coefficient (Wildman–Crippen LogP) is 5.43. The van der Waals surface area contributed by atoms with E-state index in [9.17, 15) is 9.59 Å². The molecule has 0 aliphatic rings. The monoisotopic (exact) mass is 435 g/mol. The third kappa shape index (κ3) is 6.02. The van der Waals surface area contributed by atoms with Crippen LogP contribution in [0.1, 0.15) is 41.4 Å². The zero-order chi connectivity index (χ0) is 22.4. The van der Waals surface area contributed by atoms with Crippen molar-refractivity contribution in [3.05, 3.63) is 71.5 Å². The fraction of sp³-hybridized carbons (Fsp3) is 0.208. The van der Waals surface area contributed by atoms with Crippen LogP contribution >= 0.6 is 12.2 Å². The number of furan rings is 1. The van der Waals surface area contributed by atoms with Crippen molar-refractivity contribution in [2.24, 2.45) is 0 Å². The van der Waals surface area contributed by atoms with Gasteiger partial charge < -0.3 is 15.1 Å². The van der Waals surface area contributed by atoms with Crippen LogP contribution in [0.3, 0.4) is 0 Å². The topological polar surface area (TPSA) is 83.4 Å². The first kappa shape index (κ1) is 22.2. The van der Waals surface area contributed by atoms with Gasteiger partial charge in [-0.1, -0.05) is 19.1 Å². The van der Waals surface area contributed by atoms with Crippen LogP contribution in [-0.4, -0.2) is 16.9 Å². The Morgan fingerprint density at radius 3 is 2.23 bits per heavy atom. The minimum Gasteiger partial charge on any atom is -0.451 e. The fourth-order valence-corrected chi connectivity index (χ4v) is 3.13. The first-order valence-corrected chi connectivity index (χ1v) is 10.5. The van der Waals surface area contributed by atoms with Crippen molar-refractivity contribution >= 4 is 40.5 Å². The van der Waals surface area contributed by atoms with Gasteiger partial charge in [0.15, 0.2) is 10.9 Å². The molecule has 1 aromatic heterocycles. The summed E-state index contributed by atoms with van der Waals surface area (Å²) in [7, 11) is 0. The quantitative estimate of drug-likeness (QED) is 0.450. The van der Waals surface area contributed by atoms with Crippen molar-refractivity contribution in [2.75, 3.05) is 10.6 Å². The number of benzene rings is 2. The number of thiocarbonyl (C=S) groups is 1. The molecular weight excluding hydrogens is 410 g/mol. The summed E-state index contributed by atoms with van der Waals surface area (Å²) in [5, 5.41) is 8.52. The molecule has 2 aromatic carbocycles. The Balaban J connectivity index is 1.57. The maximum Gasteiger partial charge on any atom is 0.293 e. The average Bonchev–Trinajstić information content (AvgIpc) is 3.22. The zero-order valence-electron chi connectivity index (χ0n) is 17.7. The highest BCUT2D eigenvalue weighted by atomic mass is 32.1. The van der Waals surface area contributed by atoms with Crippen molar-refractivity contribution in [2.45, 2.75) is 33.6 Å². The van der Waals surface area contributed by atoms with Gasteiger partial charge in [0.2, 0.25) is 5.91 Å². The van der Waals surface area contributed by atoms with Crippen LogP contribution in [0.5, 0.6) is 0 Å². The maximum atomic E-state index is 12.5. The minimum atomic E-state index is -0.434. The molecular formula is C24H25N3O3S. The number of amides is 2. The van der Waals surface area contributed by atoms with Gasteiger partial charge in [-0.15, -0.1) is 0 Å². The van der Waals surface area contributed by atoms with Crippen LogP contribution < -0.4 is 16.0 Å². The molecule has 0 saturated carbocycles. The number of rotatable bonds is 6. The molecule has 0 aliphatic carbocycles. The number of aryl methyl sites for hydroxylation is 2. The molecule has 0 atom stereocenters. The Hall–Kier alpha value is -3.45. The van der Waals surface area contributed by atoms with E-state index in [-0.39, 0.29) is 16.8 Å². The zero-order valence-corrected chi connectivity index (χ0v) is 18.6. The first-order chi connectivity index (χ1) is 14.9. The number of nitrogens with one attached hydrogen (secondary N) is 3. The van der Waals surface area contributed by atoms with Gasteiger partial charge in [0.1, 0.15) is 5.76 Å². The summed E-state index contributed by atoms with van der Waals surface area (Å²) in [6, 6.07) is 16.5. The third-order valence-corrected chi connectivity index (χ3v) is 4.96. The van der Waals surface area contributed by atoms with Gasteiger partial charge >= 0.3 is 0 Å². The van der Waals surface area contributed by atoms with E-state index in [0.29, 0.717) is 23.6 Å². The molecule has 3 N–H and O–H groups in total. The summed E-state index contributed by atoms with van der Waals surface area (Å²) in [5.74, 6) is 0.333. The van der Waals surface area contributed by atoms with Gasteiger partial charge in [0.25, 0.3) is 5.91 Å². The lowest BCUT2D eigenvalue weighted by molar-refractivity contribution is -0.116. The second-order valence-corrected chi connectivity index (χ2v) is 7.65. The first-order valence-electron chi connectivity index (χ1n) is 10.1. The molecule has 0 aliphatic heterocycles. The van der Waals surface area contributed by atoms with Crippen molar-refractivity contribution in [1.29, 1.82) is 0 Å². The van der Waals surface area contributed by atoms with Crippen LogP contribution in [0.15, 0.2) is 59.0 Å². The molecule has 1 heterocycles. The predicted molar refractivity (Wildman–Crippen MR) is 127 cm³/mol. The molecule has 0 spiro atoms. The molecule has 0 bridgehead atoms. The Kier molecular flexibility index (Phi) is 7.20. The van der Waals surface area contributed by atoms with Gasteiger partial charge in [0, 0.05) is 23.4 Å². The van der Waals surface area contributed by atoms with Gasteiger partial charge in [-0.3, -0.25) is 14.9 Å². The van der Waals surface area contributed by atoms with E-state index in [0.717, 1.165) is 17.5 Å². The van der Waals surface area contributed by atoms with Crippen molar-refractivity contribution in [3.8, 4) is 11.3 Å². The molecule has 160 valence electrons. The summed E-state index contributed by atoms with van der Waals surface area (Å²) < 4.78 is 5.71. The summed E-state index contributed by atoms with van der Waals surface area (Å²) in [5.41, 5.74) is 4.65. The van der Waals surface area contributed by atoms with Gasteiger partial charge in [-0.05, 0) is 86.1 Å². The second kappa shape index (κ2) is 10.0. The summed E-state index contributed by atoms with van der Waals surface area (Å²) in [6.07, 6.45) is 1.27. The molecule has 6 nitrogen and oxygen atoms in total. The Labute approximate surface area is 187 Å². The standard InChI is InChI=1S/C24H25N3O3S/c1-4-5-22(28)25-18-8-10-19(11-9-18)26-24(31)27-23(29)21-13-12-20(30-21)17-7-6-15(2)16(3)14-17/h6-14H,4-5H2,1-3H3,(H,25,28)(H2,26,27,29,31). The molecule has 3 aromatic rings. The number of hydrogen-bond acceptors (Lipinski definition) is 4. The SMILES string of the molecule is CCCC(=O)Nc1ccc(NC(=S)NC(=O)c2ccc(-c3ccc(C)c(C)c3)o2)cc1.